The number of nitrogens with zero attached hydrogens (tertiary/aromatic N) is 2. The molecule has 1 aromatic heterocycles. The molecule has 0 radical (unpaired) electrons. The van der Waals surface area contributed by atoms with E-state index in [1.165, 1.54) is 25.5 Å². The van der Waals surface area contributed by atoms with Gasteiger partial charge in [0.05, 0.1) is 13.3 Å². The number of methoxy groups -OCH3 is 1. The molecule has 70 valence electrons. The van der Waals surface area contributed by atoms with Gasteiger partial charge < -0.3 is 9.30 Å². The fourth-order valence-electron chi connectivity index (χ4n) is 0.767. The number of hydrogen-bond donors (Lipinski definition) is 0. The third-order valence-corrected chi connectivity index (χ3v) is 1.89. The third kappa shape index (κ3) is 2.32. The Bertz CT molecular complexity index is 344. The third-order valence-electron chi connectivity index (χ3n) is 1.54. The average Bonchev–Trinajstić information content (AvgIpc) is 2.44. The maximum absolute atomic E-state index is 10.7. The summed E-state index contributed by atoms with van der Waals surface area (Å²) in [5.74, 6) is 0.189. The lowest BCUT2D eigenvalue weighted by molar-refractivity contribution is -0.134. The van der Waals surface area contributed by atoms with Gasteiger partial charge in [-0.15, -0.1) is 0 Å². The van der Waals surface area contributed by atoms with E-state index in [1.807, 2.05) is 0 Å². The van der Waals surface area contributed by atoms with Crippen LogP contribution in [0.15, 0.2) is 12.3 Å². The number of aromatic nitrogens is 2. The first kappa shape index (κ1) is 9.80. The summed E-state index contributed by atoms with van der Waals surface area (Å²) in [7, 11) is 3.07. The van der Waals surface area contributed by atoms with Crippen LogP contribution >= 0.6 is 11.6 Å². The van der Waals surface area contributed by atoms with Gasteiger partial charge in [0.15, 0.2) is 0 Å². The fraction of sp³-hybridized carbons (Fsp3) is 0.250. The van der Waals surface area contributed by atoms with Crippen molar-refractivity contribution in [2.24, 2.45) is 7.05 Å². The van der Waals surface area contributed by atoms with E-state index in [0.717, 1.165) is 0 Å². The molecule has 1 rings (SSSR count). The van der Waals surface area contributed by atoms with E-state index < -0.39 is 5.97 Å². The van der Waals surface area contributed by atoms with Crippen molar-refractivity contribution in [2.45, 2.75) is 0 Å². The van der Waals surface area contributed by atoms with Crippen LogP contribution in [0.4, 0.5) is 0 Å². The largest absolute Gasteiger partial charge is 0.466 e. The summed E-state index contributed by atoms with van der Waals surface area (Å²) in [4.78, 5) is 14.7. The highest BCUT2D eigenvalue weighted by Crippen LogP contribution is 2.09. The van der Waals surface area contributed by atoms with E-state index in [1.54, 1.807) is 11.6 Å². The van der Waals surface area contributed by atoms with E-state index >= 15 is 0 Å². The number of imidazole rings is 1. The van der Waals surface area contributed by atoms with Gasteiger partial charge >= 0.3 is 5.97 Å². The second-order valence-electron chi connectivity index (χ2n) is 2.35. The van der Waals surface area contributed by atoms with Crippen LogP contribution in [0.1, 0.15) is 5.82 Å². The van der Waals surface area contributed by atoms with Crippen LogP contribution in [0.25, 0.3) is 6.08 Å². The van der Waals surface area contributed by atoms with Crippen molar-refractivity contribution in [3.8, 4) is 0 Å². The van der Waals surface area contributed by atoms with Gasteiger partial charge in [0.25, 0.3) is 0 Å². The zero-order valence-electron chi connectivity index (χ0n) is 7.32. The van der Waals surface area contributed by atoms with Crippen molar-refractivity contribution < 1.29 is 9.53 Å². The lowest BCUT2D eigenvalue weighted by Crippen LogP contribution is -1.96. The van der Waals surface area contributed by atoms with E-state index in [9.17, 15) is 4.79 Å². The molecule has 0 spiro atoms. The molecule has 0 aliphatic rings. The van der Waals surface area contributed by atoms with Gasteiger partial charge in [0.1, 0.15) is 11.0 Å². The Balaban J connectivity index is 2.80. The van der Waals surface area contributed by atoms with Crippen LogP contribution in [0, 0.1) is 0 Å². The molecule has 1 aromatic rings. The molecule has 0 aliphatic heterocycles. The van der Waals surface area contributed by atoms with Crippen molar-refractivity contribution in [1.82, 2.24) is 9.55 Å². The van der Waals surface area contributed by atoms with Gasteiger partial charge in [-0.1, -0.05) is 11.6 Å². The Hall–Kier alpha value is -1.29. The minimum Gasteiger partial charge on any atom is -0.466 e. The maximum atomic E-state index is 10.7. The molecule has 0 saturated carbocycles. The molecule has 0 aromatic carbocycles. The quantitative estimate of drug-likeness (QED) is 0.533. The van der Waals surface area contributed by atoms with Gasteiger partial charge in [-0.2, -0.15) is 0 Å². The number of halogens is 1. The molecule has 5 heteroatoms. The van der Waals surface area contributed by atoms with Crippen LogP contribution in [0.3, 0.4) is 0 Å². The Morgan fingerprint density at radius 1 is 1.77 bits per heavy atom. The molecule has 4 nitrogen and oxygen atoms in total. The average molecular weight is 201 g/mol. The van der Waals surface area contributed by atoms with Crippen molar-refractivity contribution in [3.05, 3.63) is 23.3 Å². The van der Waals surface area contributed by atoms with Gasteiger partial charge in [0, 0.05) is 13.1 Å². The molecule has 0 fully saturated rings. The van der Waals surface area contributed by atoms with Gasteiger partial charge in [-0.05, 0) is 6.08 Å². The lowest BCUT2D eigenvalue weighted by Gasteiger charge is -1.95. The summed E-state index contributed by atoms with van der Waals surface area (Å²) in [5.41, 5.74) is 0. The summed E-state index contributed by atoms with van der Waals surface area (Å²) < 4.78 is 6.08. The Morgan fingerprint density at radius 3 is 2.92 bits per heavy atom. The van der Waals surface area contributed by atoms with Crippen LogP contribution in [-0.4, -0.2) is 22.6 Å². The van der Waals surface area contributed by atoms with Crippen molar-refractivity contribution >= 4 is 23.6 Å². The summed E-state index contributed by atoms with van der Waals surface area (Å²) >= 11 is 5.73. The molecule has 0 saturated heterocycles. The number of rotatable bonds is 2. The van der Waals surface area contributed by atoms with Crippen LogP contribution in [-0.2, 0) is 16.6 Å². The predicted molar refractivity (Wildman–Crippen MR) is 49.3 cm³/mol. The smallest absolute Gasteiger partial charge is 0.330 e. The molecule has 0 aliphatic carbocycles. The lowest BCUT2D eigenvalue weighted by atomic mass is 10.5. The fourth-order valence-corrected chi connectivity index (χ4v) is 0.903. The molecule has 0 N–H and O–H groups in total. The first-order chi connectivity index (χ1) is 6.15. The second-order valence-corrected chi connectivity index (χ2v) is 2.74. The van der Waals surface area contributed by atoms with Crippen molar-refractivity contribution in [2.75, 3.05) is 7.11 Å². The van der Waals surface area contributed by atoms with Crippen LogP contribution in [0.5, 0.6) is 0 Å². The summed E-state index contributed by atoms with van der Waals surface area (Å²) in [6.07, 6.45) is 4.34. The first-order valence-electron chi connectivity index (χ1n) is 3.58. The Kier molecular flexibility index (Phi) is 3.08. The van der Waals surface area contributed by atoms with E-state index in [4.69, 9.17) is 11.6 Å². The molecule has 13 heavy (non-hydrogen) atoms. The first-order valence-corrected chi connectivity index (χ1v) is 3.96. The van der Waals surface area contributed by atoms with Gasteiger partial charge in [-0.3, -0.25) is 0 Å². The molecule has 0 bridgehead atoms. The Labute approximate surface area is 80.8 Å². The number of ether oxygens (including phenoxy) is 1. The van der Waals surface area contributed by atoms with E-state index in [2.05, 4.69) is 9.72 Å². The number of hydrogen-bond acceptors (Lipinski definition) is 3. The van der Waals surface area contributed by atoms with Crippen LogP contribution < -0.4 is 0 Å². The van der Waals surface area contributed by atoms with Gasteiger partial charge in [-0.25, -0.2) is 9.78 Å². The number of carbonyl (C=O) groups is 1. The molecule has 0 unspecified atom stereocenters. The summed E-state index contributed by atoms with van der Waals surface area (Å²) in [5, 5.41) is 0.518. The standard InChI is InChI=1S/C8H9ClN2O2/c1-11-6(9)5-10-7(11)3-4-8(12)13-2/h3-5H,1-2H3/b4-3+. The van der Waals surface area contributed by atoms with Gasteiger partial charge in [0.2, 0.25) is 0 Å². The molecule has 0 amide bonds. The SMILES string of the molecule is COC(=O)/C=C/c1ncc(Cl)n1C. The number of carbonyl (C=O) groups excluding carboxylic acids is 1. The highest BCUT2D eigenvalue weighted by atomic mass is 35.5. The second kappa shape index (κ2) is 4.09. The summed E-state index contributed by atoms with van der Waals surface area (Å²) in [6, 6.07) is 0. The summed E-state index contributed by atoms with van der Waals surface area (Å²) in [6.45, 7) is 0. The highest BCUT2D eigenvalue weighted by molar-refractivity contribution is 6.29. The zero-order valence-corrected chi connectivity index (χ0v) is 8.08. The van der Waals surface area contributed by atoms with E-state index in [-0.39, 0.29) is 0 Å². The maximum Gasteiger partial charge on any atom is 0.330 e. The van der Waals surface area contributed by atoms with Crippen molar-refractivity contribution in [3.63, 3.8) is 0 Å². The molecular formula is C8H9ClN2O2. The highest BCUT2D eigenvalue weighted by Gasteiger charge is 2.00. The minimum absolute atomic E-state index is 0.417. The topological polar surface area (TPSA) is 44.1 Å². The zero-order chi connectivity index (χ0) is 9.84. The van der Waals surface area contributed by atoms with Crippen molar-refractivity contribution in [1.29, 1.82) is 0 Å². The molecular weight excluding hydrogens is 192 g/mol. The number of esters is 1. The normalized spacial score (nSPS) is 10.7. The molecule has 0 atom stereocenters. The minimum atomic E-state index is -0.417. The van der Waals surface area contributed by atoms with Crippen LogP contribution in [0.2, 0.25) is 5.15 Å². The monoisotopic (exact) mass is 200 g/mol. The predicted octanol–water partition coefficient (Wildman–Crippen LogP) is 1.26. The Morgan fingerprint density at radius 2 is 2.46 bits per heavy atom. The molecule has 1 heterocycles. The van der Waals surface area contributed by atoms with E-state index in [0.29, 0.717) is 11.0 Å².